The third-order valence-corrected chi connectivity index (χ3v) is 4.29. The number of piperazine rings is 1. The number of benzene rings is 1. The summed E-state index contributed by atoms with van der Waals surface area (Å²) in [5.74, 6) is 0. The molecule has 0 unspecified atom stereocenters. The second kappa shape index (κ2) is 5.87. The molecule has 1 aliphatic heterocycles. The van der Waals surface area contributed by atoms with Crippen LogP contribution in [-0.2, 0) is 10.0 Å². The quantitative estimate of drug-likeness (QED) is 0.771. The molecular weight excluding hydrogens is 264 g/mol. The van der Waals surface area contributed by atoms with Gasteiger partial charge in [0.15, 0.2) is 0 Å². The summed E-state index contributed by atoms with van der Waals surface area (Å²) in [6.45, 7) is 4.86. The van der Waals surface area contributed by atoms with Crippen LogP contribution in [0.3, 0.4) is 0 Å². The standard InChI is InChI=1S/C12H20N4O2S/c13-5-6-15-7-9-16(10-8-15)11-3-1-2-4-12(11)19(14,17)18/h1-4H,5-10,13H2,(H2,14,17,18). The van der Waals surface area contributed by atoms with Gasteiger partial charge in [0.1, 0.15) is 4.90 Å². The van der Waals surface area contributed by atoms with Crippen molar-refractivity contribution in [2.75, 3.05) is 44.2 Å². The molecule has 0 aliphatic carbocycles. The van der Waals surface area contributed by atoms with E-state index in [1.807, 2.05) is 6.07 Å². The van der Waals surface area contributed by atoms with Gasteiger partial charge in [0, 0.05) is 39.3 Å². The van der Waals surface area contributed by atoms with Crippen LogP contribution >= 0.6 is 0 Å². The highest BCUT2D eigenvalue weighted by atomic mass is 32.2. The number of nitrogens with two attached hydrogens (primary N) is 2. The monoisotopic (exact) mass is 284 g/mol. The van der Waals surface area contributed by atoms with Gasteiger partial charge in [-0.3, -0.25) is 4.90 Å². The molecule has 1 aromatic carbocycles. The van der Waals surface area contributed by atoms with Crippen LogP contribution in [0.25, 0.3) is 0 Å². The molecule has 0 spiro atoms. The van der Waals surface area contributed by atoms with E-state index in [4.69, 9.17) is 10.9 Å². The van der Waals surface area contributed by atoms with Crippen LogP contribution in [0, 0.1) is 0 Å². The fraction of sp³-hybridized carbons (Fsp3) is 0.500. The number of primary sulfonamides is 1. The Balaban J connectivity index is 2.16. The second-order valence-corrected chi connectivity index (χ2v) is 6.16. The van der Waals surface area contributed by atoms with Gasteiger partial charge in [-0.15, -0.1) is 0 Å². The van der Waals surface area contributed by atoms with Crippen molar-refractivity contribution < 1.29 is 8.42 Å². The molecule has 0 amide bonds. The number of rotatable bonds is 4. The predicted molar refractivity (Wildman–Crippen MR) is 75.5 cm³/mol. The number of hydrogen-bond acceptors (Lipinski definition) is 5. The SMILES string of the molecule is NCCN1CCN(c2ccccc2S(N)(=O)=O)CC1. The number of hydrogen-bond donors (Lipinski definition) is 2. The molecule has 19 heavy (non-hydrogen) atoms. The van der Waals surface area contributed by atoms with Crippen LogP contribution in [0.2, 0.25) is 0 Å². The molecule has 4 N–H and O–H groups in total. The summed E-state index contributed by atoms with van der Waals surface area (Å²) in [4.78, 5) is 4.53. The maximum absolute atomic E-state index is 11.6. The molecular formula is C12H20N4O2S. The average molecular weight is 284 g/mol. The summed E-state index contributed by atoms with van der Waals surface area (Å²) in [5, 5.41) is 5.26. The molecule has 1 fully saturated rings. The maximum Gasteiger partial charge on any atom is 0.240 e. The Bertz CT molecular complexity index is 524. The van der Waals surface area contributed by atoms with Crippen LogP contribution in [0.1, 0.15) is 0 Å². The fourth-order valence-corrected chi connectivity index (χ4v) is 3.11. The Hall–Kier alpha value is -1.15. The molecule has 0 radical (unpaired) electrons. The Morgan fingerprint density at radius 1 is 1.11 bits per heavy atom. The number of nitrogens with zero attached hydrogens (tertiary/aromatic N) is 2. The fourth-order valence-electron chi connectivity index (χ4n) is 2.35. The van der Waals surface area contributed by atoms with Crippen molar-refractivity contribution in [1.29, 1.82) is 0 Å². The molecule has 1 aromatic rings. The number of anilines is 1. The summed E-state index contributed by atoms with van der Waals surface area (Å²) in [7, 11) is -3.68. The maximum atomic E-state index is 11.6. The Kier molecular flexibility index (Phi) is 4.41. The summed E-state index contributed by atoms with van der Waals surface area (Å²) >= 11 is 0. The van der Waals surface area contributed by atoms with Crippen molar-refractivity contribution in [3.63, 3.8) is 0 Å². The minimum Gasteiger partial charge on any atom is -0.368 e. The predicted octanol–water partition coefficient (Wildman–Crippen LogP) is -0.585. The van der Waals surface area contributed by atoms with E-state index in [1.54, 1.807) is 18.2 Å². The number of sulfonamides is 1. The topological polar surface area (TPSA) is 92.7 Å². The molecule has 1 aliphatic rings. The first-order valence-corrected chi connectivity index (χ1v) is 7.86. The molecule has 106 valence electrons. The lowest BCUT2D eigenvalue weighted by molar-refractivity contribution is 0.264. The van der Waals surface area contributed by atoms with Gasteiger partial charge in [-0.05, 0) is 12.1 Å². The zero-order chi connectivity index (χ0) is 13.9. The van der Waals surface area contributed by atoms with E-state index >= 15 is 0 Å². The van der Waals surface area contributed by atoms with Gasteiger partial charge in [-0.1, -0.05) is 12.1 Å². The van der Waals surface area contributed by atoms with Crippen molar-refractivity contribution in [2.45, 2.75) is 4.90 Å². The zero-order valence-electron chi connectivity index (χ0n) is 10.8. The summed E-state index contributed by atoms with van der Waals surface area (Å²) in [6, 6.07) is 6.87. The number of para-hydroxylation sites is 1. The van der Waals surface area contributed by atoms with Gasteiger partial charge in [0.25, 0.3) is 0 Å². The first-order chi connectivity index (χ1) is 9.02. The lowest BCUT2D eigenvalue weighted by Gasteiger charge is -2.36. The molecule has 0 bridgehead atoms. The second-order valence-electron chi connectivity index (χ2n) is 4.63. The van der Waals surface area contributed by atoms with E-state index in [1.165, 1.54) is 0 Å². The van der Waals surface area contributed by atoms with E-state index in [2.05, 4.69) is 9.80 Å². The summed E-state index contributed by atoms with van der Waals surface area (Å²) in [6.07, 6.45) is 0. The molecule has 6 nitrogen and oxygen atoms in total. The first-order valence-electron chi connectivity index (χ1n) is 6.31. The van der Waals surface area contributed by atoms with Crippen molar-refractivity contribution in [2.24, 2.45) is 10.9 Å². The first kappa shape index (κ1) is 14.3. The van der Waals surface area contributed by atoms with Crippen molar-refractivity contribution in [3.05, 3.63) is 24.3 Å². The molecule has 0 aromatic heterocycles. The molecule has 1 heterocycles. The van der Waals surface area contributed by atoms with Gasteiger partial charge in [-0.2, -0.15) is 0 Å². The molecule has 7 heteroatoms. The minimum absolute atomic E-state index is 0.197. The smallest absolute Gasteiger partial charge is 0.240 e. The molecule has 2 rings (SSSR count). The minimum atomic E-state index is -3.68. The van der Waals surface area contributed by atoms with Gasteiger partial charge in [-0.25, -0.2) is 13.6 Å². The normalized spacial score (nSPS) is 17.7. The molecule has 0 saturated carbocycles. The van der Waals surface area contributed by atoms with E-state index in [0.29, 0.717) is 12.2 Å². The third kappa shape index (κ3) is 3.44. The van der Waals surface area contributed by atoms with Crippen LogP contribution in [0.4, 0.5) is 5.69 Å². The summed E-state index contributed by atoms with van der Waals surface area (Å²) < 4.78 is 23.2. The van der Waals surface area contributed by atoms with Gasteiger partial charge >= 0.3 is 0 Å². The zero-order valence-corrected chi connectivity index (χ0v) is 11.6. The highest BCUT2D eigenvalue weighted by Crippen LogP contribution is 2.24. The Morgan fingerprint density at radius 3 is 2.32 bits per heavy atom. The van der Waals surface area contributed by atoms with E-state index in [-0.39, 0.29) is 4.90 Å². The van der Waals surface area contributed by atoms with Crippen molar-refractivity contribution in [1.82, 2.24) is 4.90 Å². The van der Waals surface area contributed by atoms with E-state index < -0.39 is 10.0 Å². The van der Waals surface area contributed by atoms with E-state index in [0.717, 1.165) is 32.7 Å². The Morgan fingerprint density at radius 2 is 1.74 bits per heavy atom. The molecule has 0 atom stereocenters. The van der Waals surface area contributed by atoms with Crippen molar-refractivity contribution >= 4 is 15.7 Å². The van der Waals surface area contributed by atoms with Crippen LogP contribution < -0.4 is 15.8 Å². The largest absolute Gasteiger partial charge is 0.368 e. The van der Waals surface area contributed by atoms with Crippen LogP contribution in [0.5, 0.6) is 0 Å². The highest BCUT2D eigenvalue weighted by Gasteiger charge is 2.21. The van der Waals surface area contributed by atoms with Crippen molar-refractivity contribution in [3.8, 4) is 0 Å². The van der Waals surface area contributed by atoms with Gasteiger partial charge < -0.3 is 10.6 Å². The Labute approximate surface area is 114 Å². The molecule has 1 saturated heterocycles. The lowest BCUT2D eigenvalue weighted by Crippen LogP contribution is -2.48. The van der Waals surface area contributed by atoms with E-state index in [9.17, 15) is 8.42 Å². The van der Waals surface area contributed by atoms with Gasteiger partial charge in [0.05, 0.1) is 5.69 Å². The average Bonchev–Trinajstić information content (AvgIpc) is 2.39. The van der Waals surface area contributed by atoms with Gasteiger partial charge in [0.2, 0.25) is 10.0 Å². The third-order valence-electron chi connectivity index (χ3n) is 3.33. The van der Waals surface area contributed by atoms with Crippen LogP contribution in [0.15, 0.2) is 29.2 Å². The summed E-state index contributed by atoms with van der Waals surface area (Å²) in [5.41, 5.74) is 6.23. The highest BCUT2D eigenvalue weighted by molar-refractivity contribution is 7.89. The lowest BCUT2D eigenvalue weighted by atomic mass is 10.2. The van der Waals surface area contributed by atoms with Crippen LogP contribution in [-0.4, -0.2) is 52.6 Å².